The number of benzene rings is 1. The monoisotopic (exact) mass is 418 g/mol. The van der Waals surface area contributed by atoms with Crippen LogP contribution in [0.2, 0.25) is 0 Å². The Hall–Kier alpha value is -1.65. The summed E-state index contributed by atoms with van der Waals surface area (Å²) < 4.78 is 50.5. The lowest BCUT2D eigenvalue weighted by atomic mass is 10.3. The minimum atomic E-state index is -3.71. The molecule has 1 amide bonds. The van der Waals surface area contributed by atoms with Crippen molar-refractivity contribution in [3.8, 4) is 5.75 Å². The van der Waals surface area contributed by atoms with E-state index in [0.29, 0.717) is 19.5 Å². The highest BCUT2D eigenvalue weighted by Crippen LogP contribution is 2.29. The molecule has 0 unspecified atom stereocenters. The molecule has 1 aliphatic heterocycles. The minimum Gasteiger partial charge on any atom is -0.506 e. The van der Waals surface area contributed by atoms with Gasteiger partial charge < -0.3 is 10.4 Å². The van der Waals surface area contributed by atoms with Crippen molar-refractivity contribution in [1.82, 2.24) is 4.31 Å². The summed E-state index contributed by atoms with van der Waals surface area (Å²) in [6, 6.07) is 3.60. The molecule has 1 heterocycles. The molecule has 1 aliphatic rings. The molecule has 27 heavy (non-hydrogen) atoms. The van der Waals surface area contributed by atoms with Crippen molar-refractivity contribution in [2.24, 2.45) is 0 Å². The topological polar surface area (TPSA) is 121 Å². The lowest BCUT2D eigenvalue weighted by Gasteiger charge is -2.16. The largest absolute Gasteiger partial charge is 0.506 e. The molecule has 1 aromatic carbocycles. The number of sulfonamides is 1. The van der Waals surface area contributed by atoms with Gasteiger partial charge in [-0.25, -0.2) is 16.8 Å². The zero-order valence-electron chi connectivity index (χ0n) is 15.3. The van der Waals surface area contributed by atoms with Gasteiger partial charge >= 0.3 is 0 Å². The van der Waals surface area contributed by atoms with Gasteiger partial charge in [0.05, 0.1) is 16.3 Å². The van der Waals surface area contributed by atoms with Crippen molar-refractivity contribution in [1.29, 1.82) is 0 Å². The summed E-state index contributed by atoms with van der Waals surface area (Å²) in [4.78, 5) is 12.0. The lowest BCUT2D eigenvalue weighted by Crippen LogP contribution is -2.28. The van der Waals surface area contributed by atoms with Gasteiger partial charge in [0.15, 0.2) is 9.84 Å². The highest BCUT2D eigenvalue weighted by Gasteiger charge is 2.28. The van der Waals surface area contributed by atoms with E-state index in [1.807, 2.05) is 6.92 Å². The second-order valence-electron chi connectivity index (χ2n) is 6.64. The summed E-state index contributed by atoms with van der Waals surface area (Å²) in [5, 5.41) is 12.2. The highest BCUT2D eigenvalue weighted by molar-refractivity contribution is 7.92. The number of aromatic hydroxyl groups is 1. The molecule has 2 rings (SSSR count). The molecule has 1 saturated heterocycles. The number of unbranched alkanes of at least 4 members (excludes halogenated alkanes) is 2. The number of phenolic OH excluding ortho intramolecular Hbond substituents is 1. The summed E-state index contributed by atoms with van der Waals surface area (Å²) >= 11 is 0. The van der Waals surface area contributed by atoms with Crippen LogP contribution in [0.1, 0.15) is 39.0 Å². The SMILES string of the molecule is CCCCCS(=O)(=O)CC(=O)Nc1cc(S(=O)(=O)N2CCCC2)ccc1O. The average Bonchev–Trinajstić information content (AvgIpc) is 3.11. The Bertz CT molecular complexity index is 875. The van der Waals surface area contributed by atoms with Crippen LogP contribution in [0.4, 0.5) is 5.69 Å². The van der Waals surface area contributed by atoms with Gasteiger partial charge in [0.2, 0.25) is 15.9 Å². The first-order chi connectivity index (χ1) is 12.7. The predicted molar refractivity (Wildman–Crippen MR) is 103 cm³/mol. The molecule has 10 heteroatoms. The lowest BCUT2D eigenvalue weighted by molar-refractivity contribution is -0.113. The van der Waals surface area contributed by atoms with Gasteiger partial charge in [-0.15, -0.1) is 0 Å². The molecule has 0 radical (unpaired) electrons. The molecule has 1 aromatic rings. The molecule has 2 N–H and O–H groups in total. The van der Waals surface area contributed by atoms with E-state index >= 15 is 0 Å². The Morgan fingerprint density at radius 2 is 1.81 bits per heavy atom. The number of carbonyl (C=O) groups excluding carboxylic acids is 1. The van der Waals surface area contributed by atoms with Crippen LogP contribution in [0.3, 0.4) is 0 Å². The molecule has 0 spiro atoms. The molecule has 0 aliphatic carbocycles. The van der Waals surface area contributed by atoms with E-state index in [0.717, 1.165) is 31.7 Å². The summed E-state index contributed by atoms with van der Waals surface area (Å²) in [6.45, 7) is 2.81. The van der Waals surface area contributed by atoms with Gasteiger partial charge in [0, 0.05) is 13.1 Å². The third-order valence-electron chi connectivity index (χ3n) is 4.35. The van der Waals surface area contributed by atoms with E-state index in [-0.39, 0.29) is 22.1 Å². The number of nitrogens with one attached hydrogen (secondary N) is 1. The summed E-state index contributed by atoms with van der Waals surface area (Å²) in [7, 11) is -7.27. The van der Waals surface area contributed by atoms with Gasteiger partial charge in [-0.2, -0.15) is 4.31 Å². The van der Waals surface area contributed by atoms with Gasteiger partial charge in [-0.05, 0) is 37.5 Å². The number of hydrogen-bond acceptors (Lipinski definition) is 6. The maximum atomic E-state index is 12.6. The fourth-order valence-corrected chi connectivity index (χ4v) is 5.69. The van der Waals surface area contributed by atoms with Crippen molar-refractivity contribution in [2.45, 2.75) is 43.9 Å². The quantitative estimate of drug-likeness (QED) is 0.465. The van der Waals surface area contributed by atoms with Gasteiger partial charge in [-0.1, -0.05) is 19.8 Å². The van der Waals surface area contributed by atoms with E-state index in [2.05, 4.69) is 5.32 Å². The standard InChI is InChI=1S/C17H26N2O6S2/c1-2-3-6-11-26(22,23)13-17(21)18-15-12-14(7-8-16(15)20)27(24,25)19-9-4-5-10-19/h7-8,12,20H,2-6,9-11,13H2,1H3,(H,18,21). The fourth-order valence-electron chi connectivity index (χ4n) is 2.88. The Labute approximate surface area is 160 Å². The second kappa shape index (κ2) is 9.03. The van der Waals surface area contributed by atoms with Crippen LogP contribution in [-0.4, -0.2) is 56.7 Å². The van der Waals surface area contributed by atoms with Crippen molar-refractivity contribution in [3.63, 3.8) is 0 Å². The van der Waals surface area contributed by atoms with Crippen LogP contribution in [0.15, 0.2) is 23.1 Å². The van der Waals surface area contributed by atoms with Crippen LogP contribution in [0.25, 0.3) is 0 Å². The van der Waals surface area contributed by atoms with Gasteiger partial charge in [0.1, 0.15) is 11.5 Å². The Kier molecular flexibility index (Phi) is 7.24. The number of sulfone groups is 1. The molecule has 8 nitrogen and oxygen atoms in total. The number of nitrogens with zero attached hydrogens (tertiary/aromatic N) is 1. The van der Waals surface area contributed by atoms with Crippen molar-refractivity contribution < 1.29 is 26.7 Å². The molecular formula is C17H26N2O6S2. The maximum Gasteiger partial charge on any atom is 0.243 e. The number of amides is 1. The van der Waals surface area contributed by atoms with Crippen LogP contribution in [-0.2, 0) is 24.7 Å². The summed E-state index contributed by atoms with van der Waals surface area (Å²) in [5.41, 5.74) is -0.121. The summed E-state index contributed by atoms with van der Waals surface area (Å²) in [5.74, 6) is -1.92. The molecule has 0 saturated carbocycles. The van der Waals surface area contributed by atoms with E-state index in [1.54, 1.807) is 0 Å². The fraction of sp³-hybridized carbons (Fsp3) is 0.588. The number of phenols is 1. The zero-order chi connectivity index (χ0) is 20.1. The predicted octanol–water partition coefficient (Wildman–Crippen LogP) is 1.72. The normalized spacial score (nSPS) is 15.7. The Morgan fingerprint density at radius 3 is 2.44 bits per heavy atom. The number of rotatable bonds is 9. The van der Waals surface area contributed by atoms with Crippen LogP contribution in [0.5, 0.6) is 5.75 Å². The molecule has 0 bridgehead atoms. The van der Waals surface area contributed by atoms with Crippen LogP contribution >= 0.6 is 0 Å². The van der Waals surface area contributed by atoms with E-state index in [4.69, 9.17) is 0 Å². The summed E-state index contributed by atoms with van der Waals surface area (Å²) in [6.07, 6.45) is 3.69. The minimum absolute atomic E-state index is 0.0525. The maximum absolute atomic E-state index is 12.6. The van der Waals surface area contributed by atoms with Crippen molar-refractivity contribution >= 4 is 31.5 Å². The first kappa shape index (κ1) is 21.6. The molecular weight excluding hydrogens is 392 g/mol. The third kappa shape index (κ3) is 5.91. The molecule has 0 aromatic heterocycles. The smallest absolute Gasteiger partial charge is 0.243 e. The second-order valence-corrected chi connectivity index (χ2v) is 10.8. The van der Waals surface area contributed by atoms with Gasteiger partial charge in [-0.3, -0.25) is 4.79 Å². The molecule has 1 fully saturated rings. The molecule has 152 valence electrons. The van der Waals surface area contributed by atoms with Crippen molar-refractivity contribution in [2.75, 3.05) is 29.9 Å². The number of hydrogen-bond donors (Lipinski definition) is 2. The van der Waals surface area contributed by atoms with Crippen LogP contribution in [0, 0.1) is 0 Å². The first-order valence-corrected chi connectivity index (χ1v) is 12.3. The van der Waals surface area contributed by atoms with E-state index in [1.165, 1.54) is 16.4 Å². The third-order valence-corrected chi connectivity index (χ3v) is 7.86. The van der Waals surface area contributed by atoms with Crippen LogP contribution < -0.4 is 5.32 Å². The van der Waals surface area contributed by atoms with Gasteiger partial charge in [0.25, 0.3) is 0 Å². The highest BCUT2D eigenvalue weighted by atomic mass is 32.2. The average molecular weight is 419 g/mol. The number of carbonyl (C=O) groups is 1. The van der Waals surface area contributed by atoms with E-state index in [9.17, 15) is 26.7 Å². The van der Waals surface area contributed by atoms with E-state index < -0.39 is 31.5 Å². The Morgan fingerprint density at radius 1 is 1.15 bits per heavy atom. The zero-order valence-corrected chi connectivity index (χ0v) is 17.0. The first-order valence-electron chi connectivity index (χ1n) is 8.99. The molecule has 0 atom stereocenters. The van der Waals surface area contributed by atoms with Crippen molar-refractivity contribution in [3.05, 3.63) is 18.2 Å². The Balaban J connectivity index is 2.11. The number of anilines is 1.